The molecule has 0 saturated carbocycles. The standard InChI is InChI=1S/C24H21FN4O4S2/c1-2-33-20-12-10-19(11-13-20)29(35(31,32)21-14-8-18(25)9-15-21)16-22(30)26-24-28-27-23(34-24)17-6-4-3-5-7-17/h3-15H,2,16H2,1H3,(H,26,28,30). The van der Waals surface area contributed by atoms with Crippen LogP contribution in [0.15, 0.2) is 83.8 Å². The molecule has 180 valence electrons. The maximum atomic E-state index is 13.4. The fraction of sp³-hybridized carbons (Fsp3) is 0.125. The zero-order valence-corrected chi connectivity index (χ0v) is 20.2. The zero-order chi connectivity index (χ0) is 24.8. The SMILES string of the molecule is CCOc1ccc(N(CC(=O)Nc2nnc(-c3ccccc3)s2)S(=O)(=O)c2ccc(F)cc2)cc1. The van der Waals surface area contributed by atoms with E-state index in [-0.39, 0.29) is 15.7 Å². The quantitative estimate of drug-likeness (QED) is 0.352. The van der Waals surface area contributed by atoms with Crippen LogP contribution in [0.4, 0.5) is 15.2 Å². The van der Waals surface area contributed by atoms with Crippen molar-refractivity contribution in [2.24, 2.45) is 0 Å². The maximum Gasteiger partial charge on any atom is 0.264 e. The van der Waals surface area contributed by atoms with Gasteiger partial charge in [0, 0.05) is 5.56 Å². The Hall–Kier alpha value is -3.83. The molecule has 4 rings (SSSR count). The number of aromatic nitrogens is 2. The number of rotatable bonds is 9. The number of carbonyl (C=O) groups is 1. The van der Waals surface area contributed by atoms with E-state index in [1.54, 1.807) is 12.1 Å². The summed E-state index contributed by atoms with van der Waals surface area (Å²) in [6.45, 7) is 1.75. The van der Waals surface area contributed by atoms with Crippen LogP contribution in [0, 0.1) is 5.82 Å². The summed E-state index contributed by atoms with van der Waals surface area (Å²) in [5, 5.41) is 11.5. The molecule has 0 radical (unpaired) electrons. The molecule has 0 unspecified atom stereocenters. The first-order valence-electron chi connectivity index (χ1n) is 10.6. The van der Waals surface area contributed by atoms with Crippen LogP contribution < -0.4 is 14.4 Å². The Morgan fingerprint density at radius 1 is 1.00 bits per heavy atom. The average molecular weight is 513 g/mol. The van der Waals surface area contributed by atoms with Gasteiger partial charge in [0.25, 0.3) is 10.0 Å². The van der Waals surface area contributed by atoms with Crippen molar-refractivity contribution in [3.05, 3.63) is 84.7 Å². The molecule has 1 N–H and O–H groups in total. The number of hydrogen-bond acceptors (Lipinski definition) is 7. The van der Waals surface area contributed by atoms with E-state index in [9.17, 15) is 17.6 Å². The van der Waals surface area contributed by atoms with Gasteiger partial charge in [0.1, 0.15) is 23.1 Å². The molecule has 4 aromatic rings. The molecule has 1 aromatic heterocycles. The largest absolute Gasteiger partial charge is 0.494 e. The molecule has 0 bridgehead atoms. The molecule has 0 atom stereocenters. The van der Waals surface area contributed by atoms with Gasteiger partial charge in [-0.15, -0.1) is 10.2 Å². The van der Waals surface area contributed by atoms with Crippen molar-refractivity contribution >= 4 is 38.1 Å². The third-order valence-corrected chi connectivity index (χ3v) is 7.49. The first-order chi connectivity index (χ1) is 16.9. The van der Waals surface area contributed by atoms with Crippen molar-refractivity contribution in [2.45, 2.75) is 11.8 Å². The molecular weight excluding hydrogens is 491 g/mol. The number of carbonyl (C=O) groups excluding carboxylic acids is 1. The van der Waals surface area contributed by atoms with Crippen molar-refractivity contribution in [2.75, 3.05) is 22.8 Å². The minimum Gasteiger partial charge on any atom is -0.494 e. The van der Waals surface area contributed by atoms with Gasteiger partial charge >= 0.3 is 0 Å². The average Bonchev–Trinajstić information content (AvgIpc) is 3.32. The highest BCUT2D eigenvalue weighted by atomic mass is 32.2. The third kappa shape index (κ3) is 5.81. The van der Waals surface area contributed by atoms with E-state index in [1.807, 2.05) is 37.3 Å². The van der Waals surface area contributed by atoms with Crippen molar-refractivity contribution in [1.29, 1.82) is 0 Å². The Morgan fingerprint density at radius 2 is 1.69 bits per heavy atom. The molecule has 0 saturated heterocycles. The maximum absolute atomic E-state index is 13.4. The highest BCUT2D eigenvalue weighted by molar-refractivity contribution is 7.92. The van der Waals surface area contributed by atoms with Crippen molar-refractivity contribution in [3.63, 3.8) is 0 Å². The number of anilines is 2. The van der Waals surface area contributed by atoms with Crippen LogP contribution >= 0.6 is 11.3 Å². The zero-order valence-electron chi connectivity index (χ0n) is 18.6. The van der Waals surface area contributed by atoms with Crippen LogP contribution in [0.2, 0.25) is 0 Å². The van der Waals surface area contributed by atoms with Crippen LogP contribution in [0.5, 0.6) is 5.75 Å². The Bertz CT molecular complexity index is 1390. The summed E-state index contributed by atoms with van der Waals surface area (Å²) < 4.78 is 46.6. The Kier molecular flexibility index (Phi) is 7.37. The predicted octanol–water partition coefficient (Wildman–Crippen LogP) is 4.58. The van der Waals surface area contributed by atoms with Crippen molar-refractivity contribution in [3.8, 4) is 16.3 Å². The van der Waals surface area contributed by atoms with Gasteiger partial charge in [-0.1, -0.05) is 41.7 Å². The van der Waals surface area contributed by atoms with E-state index in [1.165, 1.54) is 23.5 Å². The summed E-state index contributed by atoms with van der Waals surface area (Å²) in [6.07, 6.45) is 0. The van der Waals surface area contributed by atoms with Gasteiger partial charge in [-0.05, 0) is 55.5 Å². The van der Waals surface area contributed by atoms with Gasteiger partial charge in [0.05, 0.1) is 17.2 Å². The molecule has 3 aromatic carbocycles. The normalized spacial score (nSPS) is 11.1. The lowest BCUT2D eigenvalue weighted by Gasteiger charge is -2.24. The van der Waals surface area contributed by atoms with Crippen molar-refractivity contribution in [1.82, 2.24) is 10.2 Å². The fourth-order valence-electron chi connectivity index (χ4n) is 3.18. The molecule has 0 fully saturated rings. The topological polar surface area (TPSA) is 101 Å². The molecule has 0 aliphatic heterocycles. The molecule has 0 aliphatic carbocycles. The van der Waals surface area contributed by atoms with E-state index >= 15 is 0 Å². The summed E-state index contributed by atoms with van der Waals surface area (Å²) in [5.74, 6) is -0.623. The molecule has 1 amide bonds. The van der Waals surface area contributed by atoms with Gasteiger partial charge < -0.3 is 4.74 Å². The number of nitrogens with zero attached hydrogens (tertiary/aromatic N) is 3. The molecule has 11 heteroatoms. The molecule has 1 heterocycles. The van der Waals surface area contributed by atoms with Gasteiger partial charge in [0.15, 0.2) is 0 Å². The minimum atomic E-state index is -4.19. The Labute approximate surface area is 206 Å². The van der Waals surface area contributed by atoms with Crippen LogP contribution in [0.25, 0.3) is 10.6 Å². The summed E-state index contributed by atoms with van der Waals surface area (Å²) >= 11 is 1.17. The molecular formula is C24H21FN4O4S2. The second-order valence-corrected chi connectivity index (χ2v) is 10.1. The van der Waals surface area contributed by atoms with Crippen LogP contribution in [-0.4, -0.2) is 37.7 Å². The highest BCUT2D eigenvalue weighted by Crippen LogP contribution is 2.28. The van der Waals surface area contributed by atoms with Crippen LogP contribution in [0.3, 0.4) is 0 Å². The summed E-state index contributed by atoms with van der Waals surface area (Å²) in [5.41, 5.74) is 1.09. The number of nitrogens with one attached hydrogen (secondary N) is 1. The monoisotopic (exact) mass is 512 g/mol. The van der Waals surface area contributed by atoms with E-state index < -0.39 is 28.3 Å². The van der Waals surface area contributed by atoms with Gasteiger partial charge in [-0.25, -0.2) is 12.8 Å². The lowest BCUT2D eigenvalue weighted by molar-refractivity contribution is -0.114. The van der Waals surface area contributed by atoms with Gasteiger partial charge in [-0.3, -0.25) is 14.4 Å². The lowest BCUT2D eigenvalue weighted by Crippen LogP contribution is -2.38. The Balaban J connectivity index is 1.59. The number of amides is 1. The first kappa shape index (κ1) is 24.3. The highest BCUT2D eigenvalue weighted by Gasteiger charge is 2.28. The molecule has 0 spiro atoms. The van der Waals surface area contributed by atoms with Crippen LogP contribution in [0.1, 0.15) is 6.92 Å². The number of hydrogen-bond donors (Lipinski definition) is 1. The smallest absolute Gasteiger partial charge is 0.264 e. The molecule has 35 heavy (non-hydrogen) atoms. The second-order valence-electron chi connectivity index (χ2n) is 7.22. The van der Waals surface area contributed by atoms with Crippen molar-refractivity contribution < 1.29 is 22.3 Å². The van der Waals surface area contributed by atoms with Crippen LogP contribution in [-0.2, 0) is 14.8 Å². The Morgan fingerprint density at radius 3 is 2.34 bits per heavy atom. The van der Waals surface area contributed by atoms with E-state index in [0.29, 0.717) is 17.4 Å². The van der Waals surface area contributed by atoms with E-state index in [4.69, 9.17) is 4.74 Å². The number of halogens is 1. The van der Waals surface area contributed by atoms with Gasteiger partial charge in [-0.2, -0.15) is 0 Å². The number of sulfonamides is 1. The predicted molar refractivity (Wildman–Crippen MR) is 133 cm³/mol. The summed E-state index contributed by atoms with van der Waals surface area (Å²) in [4.78, 5) is 12.7. The summed E-state index contributed by atoms with van der Waals surface area (Å²) in [6, 6.07) is 20.1. The number of benzene rings is 3. The lowest BCUT2D eigenvalue weighted by atomic mass is 10.2. The second kappa shape index (κ2) is 10.6. The van der Waals surface area contributed by atoms with Gasteiger partial charge in [0.2, 0.25) is 11.0 Å². The minimum absolute atomic E-state index is 0.150. The van der Waals surface area contributed by atoms with E-state index in [0.717, 1.165) is 34.1 Å². The first-order valence-corrected chi connectivity index (χ1v) is 12.8. The number of ether oxygens (including phenoxy) is 1. The fourth-order valence-corrected chi connectivity index (χ4v) is 5.37. The van der Waals surface area contributed by atoms with E-state index in [2.05, 4.69) is 15.5 Å². The molecule has 8 nitrogen and oxygen atoms in total. The summed E-state index contributed by atoms with van der Waals surface area (Å²) in [7, 11) is -4.19. The molecule has 0 aliphatic rings. The third-order valence-electron chi connectivity index (χ3n) is 4.82.